The predicted molar refractivity (Wildman–Crippen MR) is 71.3 cm³/mol. The van der Waals surface area contributed by atoms with Crippen LogP contribution in [0.15, 0.2) is 36.5 Å². The third kappa shape index (κ3) is 3.28. The molecular formula is C14H13F2N3O. The van der Waals surface area contributed by atoms with Crippen molar-refractivity contribution >= 4 is 11.6 Å². The number of nitrogens with one attached hydrogen (secondary N) is 2. The van der Waals surface area contributed by atoms with Gasteiger partial charge in [0.05, 0.1) is 11.9 Å². The summed E-state index contributed by atoms with van der Waals surface area (Å²) in [6.07, 6.45) is 1.52. The summed E-state index contributed by atoms with van der Waals surface area (Å²) in [5.41, 5.74) is 1.23. The molecule has 1 aromatic heterocycles. The predicted octanol–water partition coefficient (Wildman–Crippen LogP) is 2.33. The van der Waals surface area contributed by atoms with Crippen LogP contribution in [-0.4, -0.2) is 17.9 Å². The van der Waals surface area contributed by atoms with E-state index in [0.717, 1.165) is 17.8 Å². The van der Waals surface area contributed by atoms with Crippen molar-refractivity contribution in [1.29, 1.82) is 0 Å². The van der Waals surface area contributed by atoms with E-state index in [-0.39, 0.29) is 17.8 Å². The van der Waals surface area contributed by atoms with Gasteiger partial charge in [-0.1, -0.05) is 6.07 Å². The summed E-state index contributed by atoms with van der Waals surface area (Å²) in [7, 11) is 1.74. The van der Waals surface area contributed by atoms with Crippen molar-refractivity contribution in [3.8, 4) is 0 Å². The minimum absolute atomic E-state index is 0.0274. The molecule has 0 bridgehead atoms. The maximum absolute atomic E-state index is 13.4. The summed E-state index contributed by atoms with van der Waals surface area (Å²) < 4.78 is 26.1. The summed E-state index contributed by atoms with van der Waals surface area (Å²) >= 11 is 0. The van der Waals surface area contributed by atoms with Gasteiger partial charge in [-0.05, 0) is 18.2 Å². The van der Waals surface area contributed by atoms with Crippen LogP contribution in [0.4, 0.5) is 14.5 Å². The zero-order valence-electron chi connectivity index (χ0n) is 10.8. The third-order valence-electron chi connectivity index (χ3n) is 2.74. The molecule has 0 aliphatic heterocycles. The molecule has 1 amide bonds. The number of hydrogen-bond donors (Lipinski definition) is 2. The van der Waals surface area contributed by atoms with Crippen molar-refractivity contribution < 1.29 is 13.6 Å². The van der Waals surface area contributed by atoms with Crippen molar-refractivity contribution in [3.63, 3.8) is 0 Å². The van der Waals surface area contributed by atoms with Crippen molar-refractivity contribution in [2.75, 3.05) is 12.4 Å². The number of aromatic nitrogens is 1. The Kier molecular flexibility index (Phi) is 4.24. The second-order valence-corrected chi connectivity index (χ2v) is 4.10. The zero-order chi connectivity index (χ0) is 14.5. The molecule has 6 heteroatoms. The molecule has 4 nitrogen and oxygen atoms in total. The fourth-order valence-corrected chi connectivity index (χ4v) is 1.61. The van der Waals surface area contributed by atoms with Crippen LogP contribution in [0.2, 0.25) is 0 Å². The van der Waals surface area contributed by atoms with Crippen LogP contribution < -0.4 is 10.6 Å². The van der Waals surface area contributed by atoms with Gasteiger partial charge in [0.1, 0.15) is 17.3 Å². The highest BCUT2D eigenvalue weighted by atomic mass is 19.1. The molecule has 0 fully saturated rings. The fraction of sp³-hybridized carbons (Fsp3) is 0.143. The Morgan fingerprint density at radius 3 is 2.65 bits per heavy atom. The van der Waals surface area contributed by atoms with Gasteiger partial charge in [0.2, 0.25) is 0 Å². The summed E-state index contributed by atoms with van der Waals surface area (Å²) in [6.45, 7) is -0.0274. The number of amides is 1. The van der Waals surface area contributed by atoms with Crippen molar-refractivity contribution in [2.45, 2.75) is 6.54 Å². The standard InChI is InChI=1S/C14H13F2N3O/c1-17-11-4-5-13(18-8-11)14(20)19-7-9-2-3-10(15)6-12(9)16/h2-6,8,17H,7H2,1H3,(H,19,20). The summed E-state index contributed by atoms with van der Waals surface area (Å²) in [4.78, 5) is 15.8. The van der Waals surface area contributed by atoms with Crippen LogP contribution in [-0.2, 0) is 6.54 Å². The molecule has 0 saturated carbocycles. The molecule has 1 aromatic carbocycles. The molecule has 0 atom stereocenters. The molecule has 0 unspecified atom stereocenters. The van der Waals surface area contributed by atoms with Crippen LogP contribution in [0.5, 0.6) is 0 Å². The van der Waals surface area contributed by atoms with Crippen molar-refractivity contribution in [1.82, 2.24) is 10.3 Å². The Hall–Kier alpha value is -2.50. The monoisotopic (exact) mass is 277 g/mol. The highest BCUT2D eigenvalue weighted by Crippen LogP contribution is 2.10. The Morgan fingerprint density at radius 2 is 2.05 bits per heavy atom. The maximum Gasteiger partial charge on any atom is 0.270 e. The number of nitrogens with zero attached hydrogens (tertiary/aromatic N) is 1. The van der Waals surface area contributed by atoms with Crippen LogP contribution in [0.25, 0.3) is 0 Å². The van der Waals surface area contributed by atoms with Crippen LogP contribution in [0.3, 0.4) is 0 Å². The molecule has 2 aromatic rings. The number of anilines is 1. The molecule has 2 rings (SSSR count). The molecule has 1 heterocycles. The van der Waals surface area contributed by atoms with E-state index in [1.54, 1.807) is 19.2 Å². The van der Waals surface area contributed by atoms with Gasteiger partial charge in [0.25, 0.3) is 5.91 Å². The van der Waals surface area contributed by atoms with E-state index in [2.05, 4.69) is 15.6 Å². The topological polar surface area (TPSA) is 54.0 Å². The largest absolute Gasteiger partial charge is 0.387 e. The molecule has 0 spiro atoms. The lowest BCUT2D eigenvalue weighted by Gasteiger charge is -2.06. The minimum Gasteiger partial charge on any atom is -0.387 e. The molecule has 104 valence electrons. The Morgan fingerprint density at radius 1 is 1.25 bits per heavy atom. The quantitative estimate of drug-likeness (QED) is 0.902. The first-order valence-corrected chi connectivity index (χ1v) is 5.96. The number of carbonyl (C=O) groups is 1. The number of benzene rings is 1. The van der Waals surface area contributed by atoms with Gasteiger partial charge in [-0.15, -0.1) is 0 Å². The van der Waals surface area contributed by atoms with E-state index in [0.29, 0.717) is 0 Å². The van der Waals surface area contributed by atoms with E-state index in [4.69, 9.17) is 0 Å². The highest BCUT2D eigenvalue weighted by Gasteiger charge is 2.09. The van der Waals surface area contributed by atoms with E-state index >= 15 is 0 Å². The molecule has 20 heavy (non-hydrogen) atoms. The fourth-order valence-electron chi connectivity index (χ4n) is 1.61. The van der Waals surface area contributed by atoms with Gasteiger partial charge in [-0.3, -0.25) is 4.79 Å². The lowest BCUT2D eigenvalue weighted by Crippen LogP contribution is -2.24. The lowest BCUT2D eigenvalue weighted by atomic mass is 10.2. The molecule has 0 radical (unpaired) electrons. The van der Waals surface area contributed by atoms with E-state index < -0.39 is 17.5 Å². The first-order chi connectivity index (χ1) is 9.60. The van der Waals surface area contributed by atoms with Gasteiger partial charge >= 0.3 is 0 Å². The van der Waals surface area contributed by atoms with E-state index in [1.807, 2.05) is 0 Å². The van der Waals surface area contributed by atoms with Gasteiger partial charge in [0.15, 0.2) is 0 Å². The summed E-state index contributed by atoms with van der Waals surface area (Å²) in [5.74, 6) is -1.76. The Labute approximate surface area is 114 Å². The number of pyridine rings is 1. The maximum atomic E-state index is 13.4. The normalized spacial score (nSPS) is 10.2. The first kappa shape index (κ1) is 13.9. The minimum atomic E-state index is -0.691. The average Bonchev–Trinajstić information content (AvgIpc) is 2.46. The highest BCUT2D eigenvalue weighted by molar-refractivity contribution is 5.92. The number of halogens is 2. The second kappa shape index (κ2) is 6.10. The van der Waals surface area contributed by atoms with Crippen LogP contribution >= 0.6 is 0 Å². The van der Waals surface area contributed by atoms with Gasteiger partial charge < -0.3 is 10.6 Å². The van der Waals surface area contributed by atoms with Gasteiger partial charge in [-0.25, -0.2) is 13.8 Å². The smallest absolute Gasteiger partial charge is 0.270 e. The summed E-state index contributed by atoms with van der Waals surface area (Å²) in [6, 6.07) is 6.48. The third-order valence-corrected chi connectivity index (χ3v) is 2.74. The molecule has 2 N–H and O–H groups in total. The van der Waals surface area contributed by atoms with Crippen LogP contribution in [0.1, 0.15) is 16.1 Å². The molecular weight excluding hydrogens is 264 g/mol. The first-order valence-electron chi connectivity index (χ1n) is 5.96. The zero-order valence-corrected chi connectivity index (χ0v) is 10.8. The average molecular weight is 277 g/mol. The van der Waals surface area contributed by atoms with Gasteiger partial charge in [-0.2, -0.15) is 0 Å². The van der Waals surface area contributed by atoms with Gasteiger partial charge in [0, 0.05) is 25.2 Å². The molecule has 0 aliphatic carbocycles. The van der Waals surface area contributed by atoms with E-state index in [1.165, 1.54) is 12.3 Å². The number of rotatable bonds is 4. The number of hydrogen-bond acceptors (Lipinski definition) is 3. The Bertz CT molecular complexity index is 614. The SMILES string of the molecule is CNc1ccc(C(=O)NCc2ccc(F)cc2F)nc1. The molecule has 0 saturated heterocycles. The Balaban J connectivity index is 2.00. The van der Waals surface area contributed by atoms with Crippen LogP contribution in [0, 0.1) is 11.6 Å². The second-order valence-electron chi connectivity index (χ2n) is 4.10. The van der Waals surface area contributed by atoms with Crippen molar-refractivity contribution in [3.05, 3.63) is 59.4 Å². The molecule has 0 aliphatic rings. The van der Waals surface area contributed by atoms with E-state index in [9.17, 15) is 13.6 Å². The number of carbonyl (C=O) groups excluding carboxylic acids is 1. The lowest BCUT2D eigenvalue weighted by molar-refractivity contribution is 0.0945. The van der Waals surface area contributed by atoms with Crippen molar-refractivity contribution in [2.24, 2.45) is 0 Å². The summed E-state index contributed by atoms with van der Waals surface area (Å²) in [5, 5.41) is 5.41.